The molecule has 0 spiro atoms. The predicted molar refractivity (Wildman–Crippen MR) is 102 cm³/mol. The van der Waals surface area contributed by atoms with Crippen molar-refractivity contribution in [1.29, 1.82) is 0 Å². The molecule has 132 valence electrons. The molecule has 0 bridgehead atoms. The van der Waals surface area contributed by atoms with E-state index in [1.165, 1.54) is 0 Å². The molecular weight excluding hydrogens is 346 g/mol. The van der Waals surface area contributed by atoms with Gasteiger partial charge in [0.05, 0.1) is 4.88 Å². The SMILES string of the molecule is O=C(NO)c1ccc([C@H](CC(=O)c2cc3ccccc3s2)C2CC2)cc1. The van der Waals surface area contributed by atoms with Crippen molar-refractivity contribution < 1.29 is 14.8 Å². The van der Waals surface area contributed by atoms with Gasteiger partial charge >= 0.3 is 0 Å². The number of hydrogen-bond donors (Lipinski definition) is 2. The Labute approximate surface area is 155 Å². The lowest BCUT2D eigenvalue weighted by atomic mass is 9.88. The fraction of sp³-hybridized carbons (Fsp3) is 0.238. The number of ketones is 1. The Morgan fingerprint density at radius 1 is 1.12 bits per heavy atom. The summed E-state index contributed by atoms with van der Waals surface area (Å²) in [4.78, 5) is 25.2. The van der Waals surface area contributed by atoms with Crippen LogP contribution in [0.2, 0.25) is 0 Å². The summed E-state index contributed by atoms with van der Waals surface area (Å²) in [7, 11) is 0. The average molecular weight is 365 g/mol. The van der Waals surface area contributed by atoms with Gasteiger partial charge in [-0.05, 0) is 59.9 Å². The summed E-state index contributed by atoms with van der Waals surface area (Å²) in [5.41, 5.74) is 3.12. The molecule has 0 aliphatic heterocycles. The molecule has 3 aromatic rings. The number of fused-ring (bicyclic) bond motifs is 1. The number of nitrogens with one attached hydrogen (secondary N) is 1. The van der Waals surface area contributed by atoms with Gasteiger partial charge in [0.2, 0.25) is 0 Å². The Morgan fingerprint density at radius 2 is 1.85 bits per heavy atom. The summed E-state index contributed by atoms with van der Waals surface area (Å²) in [5.74, 6) is 0.367. The van der Waals surface area contributed by atoms with E-state index in [1.807, 2.05) is 42.5 Å². The Bertz CT molecular complexity index is 924. The van der Waals surface area contributed by atoms with Crippen LogP contribution in [0, 0.1) is 5.92 Å². The number of carbonyl (C=O) groups excluding carboxylic acids is 2. The van der Waals surface area contributed by atoms with Gasteiger partial charge in [-0.3, -0.25) is 14.8 Å². The molecule has 1 fully saturated rings. The van der Waals surface area contributed by atoms with Gasteiger partial charge in [0, 0.05) is 16.7 Å². The quantitative estimate of drug-likeness (QED) is 0.375. The minimum atomic E-state index is -0.527. The van der Waals surface area contributed by atoms with Gasteiger partial charge < -0.3 is 0 Å². The molecule has 5 heteroatoms. The van der Waals surface area contributed by atoms with Crippen molar-refractivity contribution in [3.8, 4) is 0 Å². The first-order valence-corrected chi connectivity index (χ1v) is 9.53. The summed E-state index contributed by atoms with van der Waals surface area (Å²) >= 11 is 1.55. The molecule has 0 radical (unpaired) electrons. The van der Waals surface area contributed by atoms with E-state index in [2.05, 4.69) is 0 Å². The molecule has 1 aliphatic carbocycles. The zero-order valence-corrected chi connectivity index (χ0v) is 15.0. The van der Waals surface area contributed by atoms with Crippen molar-refractivity contribution in [2.75, 3.05) is 0 Å². The molecule has 4 rings (SSSR count). The highest BCUT2D eigenvalue weighted by atomic mass is 32.1. The zero-order valence-electron chi connectivity index (χ0n) is 14.1. The van der Waals surface area contributed by atoms with E-state index in [9.17, 15) is 9.59 Å². The third-order valence-electron chi connectivity index (χ3n) is 5.00. The second-order valence-electron chi connectivity index (χ2n) is 6.78. The number of hydrogen-bond acceptors (Lipinski definition) is 4. The van der Waals surface area contributed by atoms with Crippen LogP contribution < -0.4 is 5.48 Å². The highest BCUT2D eigenvalue weighted by Gasteiger charge is 2.34. The van der Waals surface area contributed by atoms with E-state index in [0.717, 1.165) is 33.4 Å². The van der Waals surface area contributed by atoms with Gasteiger partial charge in [-0.2, -0.15) is 0 Å². The van der Waals surface area contributed by atoms with Crippen LogP contribution in [-0.2, 0) is 0 Å². The number of amides is 1. The standard InChI is InChI=1S/C21H19NO3S/c23-18(20-11-16-3-1-2-4-19(16)26-20)12-17(13-5-6-13)14-7-9-15(10-8-14)21(24)22-25/h1-4,7-11,13,17,25H,5-6,12H2,(H,22,24)/t17-/m1/s1. The summed E-state index contributed by atoms with van der Waals surface area (Å²) in [5, 5.41) is 9.84. The van der Waals surface area contributed by atoms with Crippen molar-refractivity contribution in [1.82, 2.24) is 5.48 Å². The van der Waals surface area contributed by atoms with Gasteiger partial charge in [-0.15, -0.1) is 11.3 Å². The van der Waals surface area contributed by atoms with Crippen LogP contribution in [0.4, 0.5) is 0 Å². The molecule has 0 saturated heterocycles. The van der Waals surface area contributed by atoms with E-state index in [1.54, 1.807) is 28.9 Å². The molecule has 1 atom stereocenters. The second-order valence-corrected chi connectivity index (χ2v) is 7.87. The van der Waals surface area contributed by atoms with Crippen molar-refractivity contribution >= 4 is 33.1 Å². The molecule has 26 heavy (non-hydrogen) atoms. The van der Waals surface area contributed by atoms with Gasteiger partial charge in [0.1, 0.15) is 0 Å². The van der Waals surface area contributed by atoms with E-state index in [0.29, 0.717) is 17.9 Å². The molecule has 1 saturated carbocycles. The highest BCUT2D eigenvalue weighted by molar-refractivity contribution is 7.20. The predicted octanol–water partition coefficient (Wildman–Crippen LogP) is 4.79. The Balaban J connectivity index is 1.55. The lowest BCUT2D eigenvalue weighted by Crippen LogP contribution is -2.18. The van der Waals surface area contributed by atoms with Crippen LogP contribution in [0.25, 0.3) is 10.1 Å². The normalized spacial score (nSPS) is 15.0. The smallest absolute Gasteiger partial charge is 0.274 e. The summed E-state index contributed by atoms with van der Waals surface area (Å²) in [6.07, 6.45) is 2.77. The molecule has 1 aliphatic rings. The molecule has 2 aromatic carbocycles. The van der Waals surface area contributed by atoms with Crippen LogP contribution in [0.1, 0.15) is 50.8 Å². The first-order chi connectivity index (χ1) is 12.7. The summed E-state index contributed by atoms with van der Waals surface area (Å²) in [6.45, 7) is 0. The Morgan fingerprint density at radius 3 is 2.50 bits per heavy atom. The lowest BCUT2D eigenvalue weighted by Gasteiger charge is -2.16. The Hall–Kier alpha value is -2.50. The second kappa shape index (κ2) is 7.02. The number of carbonyl (C=O) groups is 2. The zero-order chi connectivity index (χ0) is 18.1. The first kappa shape index (κ1) is 16.9. The van der Waals surface area contributed by atoms with Crippen LogP contribution in [0.3, 0.4) is 0 Å². The number of benzene rings is 2. The van der Waals surface area contributed by atoms with Crippen molar-refractivity contribution in [3.05, 3.63) is 70.6 Å². The van der Waals surface area contributed by atoms with Crippen LogP contribution >= 0.6 is 11.3 Å². The van der Waals surface area contributed by atoms with E-state index in [4.69, 9.17) is 5.21 Å². The van der Waals surface area contributed by atoms with Gasteiger partial charge in [0.15, 0.2) is 5.78 Å². The van der Waals surface area contributed by atoms with E-state index < -0.39 is 5.91 Å². The third kappa shape index (κ3) is 3.41. The lowest BCUT2D eigenvalue weighted by molar-refractivity contribution is 0.0706. The van der Waals surface area contributed by atoms with Crippen LogP contribution in [0.15, 0.2) is 54.6 Å². The summed E-state index contributed by atoms with van der Waals surface area (Å²) in [6, 6.07) is 17.2. The van der Waals surface area contributed by atoms with E-state index >= 15 is 0 Å². The first-order valence-electron chi connectivity index (χ1n) is 8.72. The highest BCUT2D eigenvalue weighted by Crippen LogP contribution is 2.45. The van der Waals surface area contributed by atoms with Gasteiger partial charge in [-0.25, -0.2) is 5.48 Å². The maximum atomic E-state index is 12.9. The van der Waals surface area contributed by atoms with Crippen molar-refractivity contribution in [3.63, 3.8) is 0 Å². The van der Waals surface area contributed by atoms with Crippen molar-refractivity contribution in [2.45, 2.75) is 25.2 Å². The molecule has 1 amide bonds. The number of hydroxylamine groups is 1. The maximum absolute atomic E-state index is 12.9. The van der Waals surface area contributed by atoms with Crippen LogP contribution in [0.5, 0.6) is 0 Å². The maximum Gasteiger partial charge on any atom is 0.274 e. The Kier molecular flexibility index (Phi) is 4.57. The third-order valence-corrected chi connectivity index (χ3v) is 6.16. The summed E-state index contributed by atoms with van der Waals surface area (Å²) < 4.78 is 1.14. The molecule has 1 heterocycles. The number of rotatable bonds is 6. The van der Waals surface area contributed by atoms with Crippen LogP contribution in [-0.4, -0.2) is 16.9 Å². The number of Topliss-reactive ketones (excluding diaryl/α,β-unsaturated/α-hetero) is 1. The monoisotopic (exact) mass is 365 g/mol. The van der Waals surface area contributed by atoms with Gasteiger partial charge in [0.25, 0.3) is 5.91 Å². The topological polar surface area (TPSA) is 66.4 Å². The largest absolute Gasteiger partial charge is 0.293 e. The molecule has 1 aromatic heterocycles. The molecule has 4 nitrogen and oxygen atoms in total. The fourth-order valence-electron chi connectivity index (χ4n) is 3.42. The minimum absolute atomic E-state index is 0.180. The minimum Gasteiger partial charge on any atom is -0.293 e. The fourth-order valence-corrected chi connectivity index (χ4v) is 4.43. The van der Waals surface area contributed by atoms with Crippen molar-refractivity contribution in [2.24, 2.45) is 5.92 Å². The number of thiophene rings is 1. The molecular formula is C21H19NO3S. The average Bonchev–Trinajstić information content (AvgIpc) is 3.42. The molecule has 0 unspecified atom stereocenters. The van der Waals surface area contributed by atoms with Gasteiger partial charge in [-0.1, -0.05) is 30.3 Å². The molecule has 2 N–H and O–H groups in total. The van der Waals surface area contributed by atoms with E-state index in [-0.39, 0.29) is 11.7 Å².